The van der Waals surface area contributed by atoms with Gasteiger partial charge in [0.25, 0.3) is 0 Å². The molecule has 1 aromatic rings. The molecule has 1 aromatic carbocycles. The summed E-state index contributed by atoms with van der Waals surface area (Å²) in [6, 6.07) is 8.43. The van der Waals surface area contributed by atoms with Gasteiger partial charge in [0.2, 0.25) is 0 Å². The van der Waals surface area contributed by atoms with E-state index in [1.54, 1.807) is 0 Å². The van der Waals surface area contributed by atoms with Crippen molar-refractivity contribution in [3.63, 3.8) is 0 Å². The summed E-state index contributed by atoms with van der Waals surface area (Å²) < 4.78 is 6.08. The normalized spacial score (nSPS) is 17.3. The Kier molecular flexibility index (Phi) is 4.99. The van der Waals surface area contributed by atoms with Gasteiger partial charge in [-0.3, -0.25) is 0 Å². The first-order valence-corrected chi connectivity index (χ1v) is 12.1. The van der Waals surface area contributed by atoms with E-state index in [-0.39, 0.29) is 5.60 Å². The first-order chi connectivity index (χ1) is 9.69. The van der Waals surface area contributed by atoms with Crippen LogP contribution in [0.15, 0.2) is 18.2 Å². The maximum absolute atomic E-state index is 6.08. The molecule has 0 unspecified atom stereocenters. The van der Waals surface area contributed by atoms with Crippen LogP contribution in [0.4, 0.5) is 0 Å². The summed E-state index contributed by atoms with van der Waals surface area (Å²) in [6.07, 6.45) is 3.67. The minimum Gasteiger partial charge on any atom is -0.371 e. The maximum Gasteiger partial charge on any atom is 0.0727 e. The number of hydrogen-bond donors (Lipinski definition) is 0. The molecule has 21 heavy (non-hydrogen) atoms. The van der Waals surface area contributed by atoms with Gasteiger partial charge in [0.05, 0.1) is 12.2 Å². The minimum atomic E-state index is -0.955. The van der Waals surface area contributed by atoms with Gasteiger partial charge in [0.15, 0.2) is 0 Å². The summed E-state index contributed by atoms with van der Waals surface area (Å²) in [5, 5.41) is 0. The molecule has 1 fully saturated rings. The third kappa shape index (κ3) is 5.26. The third-order valence-corrected chi connectivity index (χ3v) is 6.28. The van der Waals surface area contributed by atoms with Crippen LogP contribution in [0.3, 0.4) is 0 Å². The molecule has 0 aliphatic heterocycles. The highest BCUT2D eigenvalue weighted by atomic mass is 28.3. The van der Waals surface area contributed by atoms with Crippen molar-refractivity contribution in [2.45, 2.75) is 83.8 Å². The largest absolute Gasteiger partial charge is 0.371 e. The van der Waals surface area contributed by atoms with Crippen molar-refractivity contribution in [2.24, 2.45) is 0 Å². The molecule has 2 heteroatoms. The fraction of sp³-hybridized carbons (Fsp3) is 0.684. The molecule has 0 aromatic heterocycles. The van der Waals surface area contributed by atoms with Gasteiger partial charge in [-0.25, -0.2) is 0 Å². The van der Waals surface area contributed by atoms with Crippen LogP contribution in [0.5, 0.6) is 0 Å². The molecular formula is C19H32OSi. The predicted molar refractivity (Wildman–Crippen MR) is 94.8 cm³/mol. The van der Waals surface area contributed by atoms with Gasteiger partial charge in [0.1, 0.15) is 0 Å². The van der Waals surface area contributed by atoms with E-state index in [0.29, 0.717) is 5.92 Å². The van der Waals surface area contributed by atoms with Crippen LogP contribution in [0, 0.1) is 0 Å². The average Bonchev–Trinajstić information content (AvgIpc) is 3.12. The number of hydrogen-bond acceptors (Lipinski definition) is 1. The van der Waals surface area contributed by atoms with Gasteiger partial charge in [-0.1, -0.05) is 57.7 Å². The highest BCUT2D eigenvalue weighted by Gasteiger charge is 2.38. The van der Waals surface area contributed by atoms with Crippen molar-refractivity contribution in [3.05, 3.63) is 34.9 Å². The van der Waals surface area contributed by atoms with Gasteiger partial charge in [0, 0.05) is 8.07 Å². The minimum absolute atomic E-state index is 0.171. The maximum atomic E-state index is 6.08. The summed E-state index contributed by atoms with van der Waals surface area (Å²) in [4.78, 5) is 0. The Morgan fingerprint density at radius 2 is 1.86 bits per heavy atom. The van der Waals surface area contributed by atoms with E-state index in [4.69, 9.17) is 4.74 Å². The summed E-state index contributed by atoms with van der Waals surface area (Å²) >= 11 is 0. The van der Waals surface area contributed by atoms with Crippen LogP contribution in [-0.2, 0) is 17.8 Å². The lowest BCUT2D eigenvalue weighted by Gasteiger charge is -2.19. The highest BCUT2D eigenvalue weighted by Crippen LogP contribution is 2.39. The zero-order valence-corrected chi connectivity index (χ0v) is 15.8. The number of rotatable bonds is 7. The standard InChI is InChI=1S/C19H32OSi/c1-15(2)18-13-16(9-12-21(4,5)6)7-8-17(18)14-20-19(3)10-11-19/h7-8,13,15H,9-12,14H2,1-6H3. The smallest absolute Gasteiger partial charge is 0.0727 e. The molecule has 0 saturated heterocycles. The van der Waals surface area contributed by atoms with E-state index >= 15 is 0 Å². The van der Waals surface area contributed by atoms with Crippen molar-refractivity contribution in [2.75, 3.05) is 0 Å². The Morgan fingerprint density at radius 3 is 2.38 bits per heavy atom. The Bertz CT molecular complexity index is 481. The first kappa shape index (κ1) is 16.8. The second kappa shape index (κ2) is 6.25. The molecule has 1 nitrogen and oxygen atoms in total. The van der Waals surface area contributed by atoms with E-state index in [1.807, 2.05) is 0 Å². The molecule has 1 saturated carbocycles. The Hall–Kier alpha value is -0.603. The first-order valence-electron chi connectivity index (χ1n) is 8.44. The lowest BCUT2D eigenvalue weighted by molar-refractivity contribution is 0.0330. The molecule has 2 rings (SSSR count). The Labute approximate surface area is 132 Å². The third-order valence-electron chi connectivity index (χ3n) is 4.53. The monoisotopic (exact) mass is 304 g/mol. The molecule has 0 atom stereocenters. The van der Waals surface area contributed by atoms with E-state index in [9.17, 15) is 0 Å². The summed E-state index contributed by atoms with van der Waals surface area (Å²) in [7, 11) is -0.955. The molecule has 0 radical (unpaired) electrons. The van der Waals surface area contributed by atoms with E-state index in [2.05, 4.69) is 58.6 Å². The quantitative estimate of drug-likeness (QED) is 0.582. The van der Waals surface area contributed by atoms with Gasteiger partial charge in [-0.05, 0) is 48.8 Å². The molecule has 0 bridgehead atoms. The van der Waals surface area contributed by atoms with Crippen molar-refractivity contribution >= 4 is 8.07 Å². The van der Waals surface area contributed by atoms with Crippen LogP contribution < -0.4 is 0 Å². The van der Waals surface area contributed by atoms with Gasteiger partial charge >= 0.3 is 0 Å². The molecule has 1 aliphatic rings. The zero-order chi connectivity index (χ0) is 15.7. The topological polar surface area (TPSA) is 9.23 Å². The van der Waals surface area contributed by atoms with Crippen molar-refractivity contribution < 1.29 is 4.74 Å². The Morgan fingerprint density at radius 1 is 1.19 bits per heavy atom. The predicted octanol–water partition coefficient (Wildman–Crippen LogP) is 5.76. The summed E-state index contributed by atoms with van der Waals surface area (Å²) in [5.41, 5.74) is 4.54. The van der Waals surface area contributed by atoms with Crippen molar-refractivity contribution in [3.8, 4) is 0 Å². The molecule has 0 spiro atoms. The second-order valence-electron chi connectivity index (χ2n) is 8.49. The van der Waals surface area contributed by atoms with E-state index < -0.39 is 8.07 Å². The van der Waals surface area contributed by atoms with Gasteiger partial charge in [-0.2, -0.15) is 0 Å². The zero-order valence-electron chi connectivity index (χ0n) is 14.8. The molecule has 0 N–H and O–H groups in total. The molecule has 1 aliphatic carbocycles. The lowest BCUT2D eigenvalue weighted by Crippen LogP contribution is -2.20. The lowest BCUT2D eigenvalue weighted by atomic mass is 9.94. The summed E-state index contributed by atoms with van der Waals surface area (Å²) in [5.74, 6) is 0.572. The van der Waals surface area contributed by atoms with Crippen LogP contribution in [0.25, 0.3) is 0 Å². The van der Waals surface area contributed by atoms with Crippen LogP contribution in [0.1, 0.15) is 56.2 Å². The van der Waals surface area contributed by atoms with Crippen LogP contribution in [0.2, 0.25) is 25.7 Å². The average molecular weight is 305 g/mol. The van der Waals surface area contributed by atoms with Crippen molar-refractivity contribution in [1.29, 1.82) is 0 Å². The molecule has 118 valence electrons. The highest BCUT2D eigenvalue weighted by molar-refractivity contribution is 6.76. The van der Waals surface area contributed by atoms with Crippen molar-refractivity contribution in [1.82, 2.24) is 0 Å². The summed E-state index contributed by atoms with van der Waals surface area (Å²) in [6.45, 7) is 14.9. The molecular weight excluding hydrogens is 272 g/mol. The van der Waals surface area contributed by atoms with Crippen LogP contribution >= 0.6 is 0 Å². The molecule has 0 heterocycles. The molecule has 0 amide bonds. The number of aryl methyl sites for hydroxylation is 1. The van der Waals surface area contributed by atoms with Crippen LogP contribution in [-0.4, -0.2) is 13.7 Å². The fourth-order valence-corrected chi connectivity index (χ4v) is 3.60. The Balaban J connectivity index is 2.07. The van der Waals surface area contributed by atoms with E-state index in [0.717, 1.165) is 6.61 Å². The second-order valence-corrected chi connectivity index (χ2v) is 14.1. The van der Waals surface area contributed by atoms with Gasteiger partial charge < -0.3 is 4.74 Å². The number of ether oxygens (including phenoxy) is 1. The number of benzene rings is 1. The van der Waals surface area contributed by atoms with E-state index in [1.165, 1.54) is 42.0 Å². The SMILES string of the molecule is CC(C)c1cc(CC[Si](C)(C)C)ccc1COC1(C)CC1. The fourth-order valence-electron chi connectivity index (χ4n) is 2.56. The van der Waals surface area contributed by atoms with Gasteiger partial charge in [-0.15, -0.1) is 0 Å².